The van der Waals surface area contributed by atoms with E-state index in [-0.39, 0.29) is 17.8 Å². The Morgan fingerprint density at radius 2 is 2.09 bits per heavy atom. The zero-order valence-corrected chi connectivity index (χ0v) is 12.8. The van der Waals surface area contributed by atoms with Crippen LogP contribution in [0.5, 0.6) is 5.75 Å². The number of ether oxygens (including phenoxy) is 1. The number of carbonyl (C=O) groups excluding carboxylic acids is 1. The highest BCUT2D eigenvalue weighted by atomic mass is 19.1. The number of fused-ring (bicyclic) bond motifs is 1. The van der Waals surface area contributed by atoms with Crippen molar-refractivity contribution in [2.24, 2.45) is 0 Å². The van der Waals surface area contributed by atoms with E-state index in [9.17, 15) is 9.18 Å². The van der Waals surface area contributed by atoms with Crippen LogP contribution in [0.3, 0.4) is 0 Å². The van der Waals surface area contributed by atoms with Crippen molar-refractivity contribution in [2.45, 2.75) is 31.8 Å². The molecule has 1 aliphatic carbocycles. The van der Waals surface area contributed by atoms with E-state index in [1.54, 1.807) is 6.07 Å². The van der Waals surface area contributed by atoms with E-state index in [0.717, 1.165) is 36.1 Å². The van der Waals surface area contributed by atoms with Crippen molar-refractivity contribution in [3.05, 3.63) is 65.0 Å². The average molecular weight is 311 g/mol. The molecule has 1 saturated carbocycles. The number of amides is 1. The van der Waals surface area contributed by atoms with Crippen LogP contribution in [-0.2, 0) is 13.0 Å². The van der Waals surface area contributed by atoms with Gasteiger partial charge in [0.2, 0.25) is 0 Å². The fraction of sp³-hybridized carbons (Fsp3) is 0.316. The zero-order chi connectivity index (χ0) is 15.8. The molecule has 1 amide bonds. The molecule has 1 fully saturated rings. The molecule has 0 unspecified atom stereocenters. The number of halogens is 1. The Bertz CT molecular complexity index is 755. The molecule has 0 bridgehead atoms. The summed E-state index contributed by atoms with van der Waals surface area (Å²) in [5, 5.41) is 0. The molecule has 0 spiro atoms. The fourth-order valence-corrected chi connectivity index (χ4v) is 3.07. The molecule has 3 nitrogen and oxygen atoms in total. The summed E-state index contributed by atoms with van der Waals surface area (Å²) in [6.45, 7) is 1.14. The van der Waals surface area contributed by atoms with Crippen molar-refractivity contribution in [1.82, 2.24) is 4.90 Å². The minimum atomic E-state index is -0.264. The Morgan fingerprint density at radius 3 is 2.87 bits per heavy atom. The van der Waals surface area contributed by atoms with E-state index in [0.29, 0.717) is 18.7 Å². The van der Waals surface area contributed by atoms with Gasteiger partial charge in [-0.25, -0.2) is 4.39 Å². The van der Waals surface area contributed by atoms with Gasteiger partial charge in [0.05, 0.1) is 6.61 Å². The van der Waals surface area contributed by atoms with Gasteiger partial charge in [0.25, 0.3) is 5.91 Å². The van der Waals surface area contributed by atoms with Crippen LogP contribution in [0.2, 0.25) is 0 Å². The third-order valence-corrected chi connectivity index (χ3v) is 4.43. The van der Waals surface area contributed by atoms with E-state index in [4.69, 9.17) is 4.74 Å². The number of rotatable bonds is 4. The Kier molecular flexibility index (Phi) is 3.52. The van der Waals surface area contributed by atoms with Crippen LogP contribution in [0, 0.1) is 5.82 Å². The molecule has 118 valence electrons. The molecule has 0 aromatic heterocycles. The summed E-state index contributed by atoms with van der Waals surface area (Å²) in [6, 6.07) is 12.4. The summed E-state index contributed by atoms with van der Waals surface area (Å²) < 4.78 is 18.9. The fourth-order valence-electron chi connectivity index (χ4n) is 3.07. The van der Waals surface area contributed by atoms with Gasteiger partial charge in [-0.3, -0.25) is 4.79 Å². The monoisotopic (exact) mass is 311 g/mol. The summed E-state index contributed by atoms with van der Waals surface area (Å²) in [7, 11) is 0. The van der Waals surface area contributed by atoms with E-state index in [1.165, 1.54) is 12.1 Å². The van der Waals surface area contributed by atoms with Crippen LogP contribution in [-0.4, -0.2) is 23.5 Å². The van der Waals surface area contributed by atoms with Crippen molar-refractivity contribution < 1.29 is 13.9 Å². The highest BCUT2D eigenvalue weighted by molar-refractivity contribution is 5.95. The topological polar surface area (TPSA) is 29.5 Å². The van der Waals surface area contributed by atoms with Gasteiger partial charge in [0.15, 0.2) is 0 Å². The smallest absolute Gasteiger partial charge is 0.254 e. The molecule has 23 heavy (non-hydrogen) atoms. The first-order valence-corrected chi connectivity index (χ1v) is 8.02. The maximum atomic E-state index is 13.4. The largest absolute Gasteiger partial charge is 0.493 e. The molecular formula is C19H18FNO2. The first-order chi connectivity index (χ1) is 11.2. The van der Waals surface area contributed by atoms with Crippen LogP contribution in [0.1, 0.15) is 34.3 Å². The first kappa shape index (κ1) is 14.2. The molecule has 0 atom stereocenters. The lowest BCUT2D eigenvalue weighted by Crippen LogP contribution is -2.32. The molecule has 2 aliphatic rings. The van der Waals surface area contributed by atoms with Gasteiger partial charge in [-0.05, 0) is 54.3 Å². The second-order valence-electron chi connectivity index (χ2n) is 6.22. The van der Waals surface area contributed by atoms with Crippen molar-refractivity contribution >= 4 is 5.91 Å². The van der Waals surface area contributed by atoms with Gasteiger partial charge in [0, 0.05) is 24.6 Å². The molecule has 1 aliphatic heterocycles. The quantitative estimate of drug-likeness (QED) is 0.864. The molecule has 0 saturated heterocycles. The lowest BCUT2D eigenvalue weighted by molar-refractivity contribution is 0.0729. The van der Waals surface area contributed by atoms with Crippen LogP contribution >= 0.6 is 0 Å². The molecule has 0 N–H and O–H groups in total. The Hall–Kier alpha value is -2.36. The van der Waals surface area contributed by atoms with Crippen molar-refractivity contribution in [1.29, 1.82) is 0 Å². The van der Waals surface area contributed by atoms with E-state index in [1.807, 2.05) is 29.2 Å². The zero-order valence-electron chi connectivity index (χ0n) is 12.8. The van der Waals surface area contributed by atoms with Crippen LogP contribution in [0.15, 0.2) is 42.5 Å². The Balaban J connectivity index is 1.58. The SMILES string of the molecule is O=C(c1ccc2c(c1)CCO2)N(Cc1cccc(F)c1)C1CC1. The van der Waals surface area contributed by atoms with Gasteiger partial charge in [0.1, 0.15) is 11.6 Å². The lowest BCUT2D eigenvalue weighted by atomic mass is 10.1. The molecule has 4 rings (SSSR count). The number of carbonyl (C=O) groups is 1. The Labute approximate surface area is 134 Å². The second-order valence-corrected chi connectivity index (χ2v) is 6.22. The molecule has 0 radical (unpaired) electrons. The molecule has 2 aromatic carbocycles. The number of hydrogen-bond donors (Lipinski definition) is 0. The maximum absolute atomic E-state index is 13.4. The molecular weight excluding hydrogens is 293 g/mol. The molecule has 4 heteroatoms. The third kappa shape index (κ3) is 2.93. The number of benzene rings is 2. The van der Waals surface area contributed by atoms with E-state index >= 15 is 0 Å². The van der Waals surface area contributed by atoms with Crippen LogP contribution < -0.4 is 4.74 Å². The lowest BCUT2D eigenvalue weighted by Gasteiger charge is -2.23. The Morgan fingerprint density at radius 1 is 1.22 bits per heavy atom. The minimum absolute atomic E-state index is 0.0199. The van der Waals surface area contributed by atoms with Gasteiger partial charge in [-0.1, -0.05) is 12.1 Å². The summed E-state index contributed by atoms with van der Waals surface area (Å²) in [6.07, 6.45) is 2.90. The third-order valence-electron chi connectivity index (χ3n) is 4.43. The molecule has 2 aromatic rings. The highest BCUT2D eigenvalue weighted by Crippen LogP contribution is 2.32. The van der Waals surface area contributed by atoms with Crippen LogP contribution in [0.4, 0.5) is 4.39 Å². The van der Waals surface area contributed by atoms with Crippen molar-refractivity contribution in [2.75, 3.05) is 6.61 Å². The van der Waals surface area contributed by atoms with Gasteiger partial charge < -0.3 is 9.64 Å². The number of hydrogen-bond acceptors (Lipinski definition) is 2. The predicted molar refractivity (Wildman–Crippen MR) is 84.9 cm³/mol. The molecule has 1 heterocycles. The standard InChI is InChI=1S/C19H18FNO2/c20-16-3-1-2-13(10-16)12-21(17-5-6-17)19(22)15-4-7-18-14(11-15)8-9-23-18/h1-4,7,10-11,17H,5-6,8-9,12H2. The van der Waals surface area contributed by atoms with Crippen LogP contribution in [0.25, 0.3) is 0 Å². The number of nitrogens with zero attached hydrogens (tertiary/aromatic N) is 1. The normalized spacial score (nSPS) is 15.9. The summed E-state index contributed by atoms with van der Waals surface area (Å²) in [5.74, 6) is 0.636. The van der Waals surface area contributed by atoms with E-state index in [2.05, 4.69) is 0 Å². The average Bonchev–Trinajstić information content (AvgIpc) is 3.28. The second kappa shape index (κ2) is 5.69. The van der Waals surface area contributed by atoms with Gasteiger partial charge >= 0.3 is 0 Å². The summed E-state index contributed by atoms with van der Waals surface area (Å²) in [5.41, 5.74) is 2.62. The highest BCUT2D eigenvalue weighted by Gasteiger charge is 2.33. The first-order valence-electron chi connectivity index (χ1n) is 8.02. The maximum Gasteiger partial charge on any atom is 0.254 e. The van der Waals surface area contributed by atoms with Gasteiger partial charge in [-0.2, -0.15) is 0 Å². The summed E-state index contributed by atoms with van der Waals surface area (Å²) >= 11 is 0. The summed E-state index contributed by atoms with van der Waals surface area (Å²) in [4.78, 5) is 14.8. The van der Waals surface area contributed by atoms with Gasteiger partial charge in [-0.15, -0.1) is 0 Å². The minimum Gasteiger partial charge on any atom is -0.493 e. The van der Waals surface area contributed by atoms with Crippen molar-refractivity contribution in [3.63, 3.8) is 0 Å². The predicted octanol–water partition coefficient (Wildman–Crippen LogP) is 3.57. The van der Waals surface area contributed by atoms with Crippen molar-refractivity contribution in [3.8, 4) is 5.75 Å². The van der Waals surface area contributed by atoms with E-state index < -0.39 is 0 Å².